The van der Waals surface area contributed by atoms with E-state index >= 15 is 0 Å². The molecule has 1 aliphatic heterocycles. The summed E-state index contributed by atoms with van der Waals surface area (Å²) in [6.07, 6.45) is -4.48. The highest BCUT2D eigenvalue weighted by molar-refractivity contribution is 5.94. The molecule has 0 aromatic heterocycles. The average molecular weight is 406 g/mol. The van der Waals surface area contributed by atoms with E-state index in [-0.39, 0.29) is 17.5 Å². The lowest BCUT2D eigenvalue weighted by Crippen LogP contribution is -3.16. The van der Waals surface area contributed by atoms with Gasteiger partial charge in [-0.25, -0.2) is 0 Å². The van der Waals surface area contributed by atoms with E-state index in [0.717, 1.165) is 22.6 Å². The molecule has 29 heavy (non-hydrogen) atoms. The summed E-state index contributed by atoms with van der Waals surface area (Å²) >= 11 is 0. The topological polar surface area (TPSA) is 53.9 Å². The molecule has 0 spiro atoms. The summed E-state index contributed by atoms with van der Waals surface area (Å²) in [5.74, 6) is -0.379. The molecule has 1 fully saturated rings. The van der Waals surface area contributed by atoms with Crippen LogP contribution in [0.3, 0.4) is 0 Å². The van der Waals surface area contributed by atoms with Gasteiger partial charge in [0.2, 0.25) is 5.91 Å². The Morgan fingerprint density at radius 3 is 2.28 bits per heavy atom. The van der Waals surface area contributed by atoms with Crippen molar-refractivity contribution in [3.8, 4) is 0 Å². The zero-order valence-corrected chi connectivity index (χ0v) is 16.0. The van der Waals surface area contributed by atoms with Gasteiger partial charge in [-0.1, -0.05) is 36.4 Å². The van der Waals surface area contributed by atoms with E-state index in [1.165, 1.54) is 19.1 Å². The molecular formula is C21H23F3N3O2+. The van der Waals surface area contributed by atoms with Gasteiger partial charge in [-0.05, 0) is 18.2 Å². The third-order valence-electron chi connectivity index (χ3n) is 5.11. The zero-order chi connectivity index (χ0) is 21.0. The van der Waals surface area contributed by atoms with Crippen LogP contribution in [0.4, 0.5) is 18.9 Å². The summed E-state index contributed by atoms with van der Waals surface area (Å²) in [6, 6.07) is 13.2. The smallest absolute Gasteiger partial charge is 0.332 e. The Labute approximate surface area is 167 Å². The molecule has 5 nitrogen and oxygen atoms in total. The fraction of sp³-hybridized carbons (Fsp3) is 0.333. The first-order valence-electron chi connectivity index (χ1n) is 9.39. The van der Waals surface area contributed by atoms with E-state index in [1.54, 1.807) is 4.90 Å². The van der Waals surface area contributed by atoms with Gasteiger partial charge in [-0.15, -0.1) is 0 Å². The van der Waals surface area contributed by atoms with E-state index in [4.69, 9.17) is 0 Å². The van der Waals surface area contributed by atoms with Gasteiger partial charge in [-0.2, -0.15) is 13.2 Å². The van der Waals surface area contributed by atoms with Crippen LogP contribution in [-0.4, -0.2) is 42.9 Å². The van der Waals surface area contributed by atoms with E-state index < -0.39 is 17.8 Å². The molecule has 1 aliphatic rings. The second-order valence-electron chi connectivity index (χ2n) is 7.08. The van der Waals surface area contributed by atoms with E-state index in [1.807, 2.05) is 30.3 Å². The van der Waals surface area contributed by atoms with Crippen LogP contribution < -0.4 is 10.2 Å². The van der Waals surface area contributed by atoms with Crippen molar-refractivity contribution in [2.45, 2.75) is 19.1 Å². The maximum atomic E-state index is 13.1. The highest BCUT2D eigenvalue weighted by Gasteiger charge is 2.35. The summed E-state index contributed by atoms with van der Waals surface area (Å²) in [5.41, 5.74) is 0.0739. The minimum Gasteiger partial charge on any atom is -0.332 e. The van der Waals surface area contributed by atoms with Crippen LogP contribution in [0.1, 0.15) is 24.1 Å². The van der Waals surface area contributed by atoms with Crippen molar-refractivity contribution >= 4 is 17.5 Å². The first-order valence-corrected chi connectivity index (χ1v) is 9.39. The quantitative estimate of drug-likeness (QED) is 0.818. The molecule has 1 saturated heterocycles. The Balaban J connectivity index is 1.82. The van der Waals surface area contributed by atoms with Crippen LogP contribution in [0.5, 0.6) is 0 Å². The number of hydrogen-bond acceptors (Lipinski definition) is 2. The van der Waals surface area contributed by atoms with Crippen LogP contribution >= 0.6 is 0 Å². The number of halogens is 3. The minimum atomic E-state index is -4.48. The average Bonchev–Trinajstić information content (AvgIpc) is 2.69. The molecule has 2 aromatic rings. The highest BCUT2D eigenvalue weighted by atomic mass is 19.4. The van der Waals surface area contributed by atoms with E-state index in [0.29, 0.717) is 26.2 Å². The van der Waals surface area contributed by atoms with Crippen LogP contribution in [-0.2, 0) is 15.8 Å². The van der Waals surface area contributed by atoms with Crippen LogP contribution in [0.2, 0.25) is 0 Å². The summed E-state index contributed by atoms with van der Waals surface area (Å²) < 4.78 is 38.9. The number of nitrogens with one attached hydrogen (secondary N) is 2. The Hall–Kier alpha value is -2.87. The number of carbonyl (C=O) groups is 2. The molecule has 0 aliphatic carbocycles. The number of carbonyl (C=O) groups excluding carboxylic acids is 2. The molecule has 2 N–H and O–H groups in total. The number of rotatable bonds is 4. The Morgan fingerprint density at radius 1 is 1.03 bits per heavy atom. The normalized spacial score (nSPS) is 16.3. The van der Waals surface area contributed by atoms with Crippen molar-refractivity contribution in [3.63, 3.8) is 0 Å². The van der Waals surface area contributed by atoms with E-state index in [9.17, 15) is 22.8 Å². The molecule has 0 radical (unpaired) electrons. The van der Waals surface area contributed by atoms with Crippen molar-refractivity contribution in [1.29, 1.82) is 0 Å². The Morgan fingerprint density at radius 2 is 1.69 bits per heavy atom. The van der Waals surface area contributed by atoms with Gasteiger partial charge < -0.3 is 15.1 Å². The number of hydrogen-bond donors (Lipinski definition) is 2. The lowest BCUT2D eigenvalue weighted by Gasteiger charge is -2.35. The van der Waals surface area contributed by atoms with Crippen LogP contribution in [0.25, 0.3) is 0 Å². The maximum Gasteiger partial charge on any atom is 0.416 e. The lowest BCUT2D eigenvalue weighted by atomic mass is 10.0. The standard InChI is InChI=1S/C21H22F3N3O2/c1-15(28)26-10-12-27(13-11-26)19(16-6-3-2-4-7-16)20(29)25-18-9-5-8-17(14-18)21(22,23)24/h2-9,14,19H,10-13H2,1H3,(H,25,29)/p+1/t19-/m0/s1. The molecule has 0 saturated carbocycles. The Kier molecular flexibility index (Phi) is 6.22. The summed E-state index contributed by atoms with van der Waals surface area (Å²) in [6.45, 7) is 3.74. The first-order chi connectivity index (χ1) is 13.8. The van der Waals surface area contributed by atoms with E-state index in [2.05, 4.69) is 5.32 Å². The SMILES string of the molecule is CC(=O)N1CC[NH+]([C@H](C(=O)Nc2cccc(C(F)(F)F)c2)c2ccccc2)CC1. The molecule has 1 atom stereocenters. The van der Waals surface area contributed by atoms with Crippen molar-refractivity contribution in [1.82, 2.24) is 4.90 Å². The second kappa shape index (κ2) is 8.65. The predicted molar refractivity (Wildman–Crippen MR) is 102 cm³/mol. The summed E-state index contributed by atoms with van der Waals surface area (Å²) in [7, 11) is 0. The summed E-state index contributed by atoms with van der Waals surface area (Å²) in [5, 5.41) is 2.64. The number of benzene rings is 2. The van der Waals surface area contributed by atoms with Gasteiger partial charge in [0.15, 0.2) is 6.04 Å². The van der Waals surface area contributed by atoms with Crippen molar-refractivity contribution in [2.75, 3.05) is 31.5 Å². The van der Waals surface area contributed by atoms with Gasteiger partial charge in [0.25, 0.3) is 5.91 Å². The zero-order valence-electron chi connectivity index (χ0n) is 16.0. The molecule has 0 bridgehead atoms. The molecule has 1 heterocycles. The monoisotopic (exact) mass is 406 g/mol. The minimum absolute atomic E-state index is 0.00581. The number of quaternary nitrogens is 1. The molecule has 154 valence electrons. The third kappa shape index (κ3) is 5.14. The molecule has 0 unspecified atom stereocenters. The molecule has 2 aromatic carbocycles. The maximum absolute atomic E-state index is 13.1. The number of anilines is 1. The lowest BCUT2D eigenvalue weighted by molar-refractivity contribution is -0.925. The van der Waals surface area contributed by atoms with Crippen LogP contribution in [0.15, 0.2) is 54.6 Å². The van der Waals surface area contributed by atoms with Gasteiger partial charge >= 0.3 is 6.18 Å². The highest BCUT2D eigenvalue weighted by Crippen LogP contribution is 2.30. The van der Waals surface area contributed by atoms with Gasteiger partial charge in [0.1, 0.15) is 0 Å². The number of alkyl halides is 3. The molecule has 2 amide bonds. The Bertz CT molecular complexity index is 863. The number of piperazine rings is 1. The van der Waals surface area contributed by atoms with Crippen molar-refractivity contribution < 1.29 is 27.7 Å². The van der Waals surface area contributed by atoms with Gasteiger partial charge in [0.05, 0.1) is 31.7 Å². The van der Waals surface area contributed by atoms with Crippen molar-refractivity contribution in [3.05, 3.63) is 65.7 Å². The number of nitrogens with zero attached hydrogens (tertiary/aromatic N) is 1. The first kappa shape index (κ1) is 20.9. The second-order valence-corrected chi connectivity index (χ2v) is 7.08. The van der Waals surface area contributed by atoms with Crippen LogP contribution in [0, 0.1) is 0 Å². The summed E-state index contributed by atoms with van der Waals surface area (Å²) in [4.78, 5) is 27.4. The molecule has 3 rings (SSSR count). The largest absolute Gasteiger partial charge is 0.416 e. The van der Waals surface area contributed by atoms with Gasteiger partial charge in [-0.3, -0.25) is 9.59 Å². The van der Waals surface area contributed by atoms with Gasteiger partial charge in [0, 0.05) is 18.2 Å². The molecular weight excluding hydrogens is 383 g/mol. The molecule has 8 heteroatoms. The number of amides is 2. The third-order valence-corrected chi connectivity index (χ3v) is 5.11. The fourth-order valence-electron chi connectivity index (χ4n) is 3.60. The fourth-order valence-corrected chi connectivity index (χ4v) is 3.60. The van der Waals surface area contributed by atoms with Crippen molar-refractivity contribution in [2.24, 2.45) is 0 Å². The predicted octanol–water partition coefficient (Wildman–Crippen LogP) is 2.13.